The van der Waals surface area contributed by atoms with Gasteiger partial charge in [0.2, 0.25) is 0 Å². The van der Waals surface area contributed by atoms with E-state index in [1.54, 1.807) is 19.9 Å². The van der Waals surface area contributed by atoms with Crippen LogP contribution in [0.3, 0.4) is 0 Å². The van der Waals surface area contributed by atoms with Gasteiger partial charge in [0.15, 0.2) is 0 Å². The van der Waals surface area contributed by atoms with E-state index in [9.17, 15) is 4.79 Å². The number of benzene rings is 1. The maximum absolute atomic E-state index is 11.6. The van der Waals surface area contributed by atoms with Crippen LogP contribution in [0.25, 0.3) is 17.0 Å². The van der Waals surface area contributed by atoms with Gasteiger partial charge in [-0.3, -0.25) is 0 Å². The van der Waals surface area contributed by atoms with Crippen LogP contribution in [0.5, 0.6) is 0 Å². The SMILES string of the molecule is CC(C)OC(=O)/C(C#N)=C/c1cc2ccccc2o1. The van der Waals surface area contributed by atoms with Gasteiger partial charge in [-0.05, 0) is 26.0 Å². The number of carbonyl (C=O) groups excluding carboxylic acids is 1. The van der Waals surface area contributed by atoms with Gasteiger partial charge in [0.25, 0.3) is 0 Å². The summed E-state index contributed by atoms with van der Waals surface area (Å²) in [7, 11) is 0. The molecule has 0 saturated carbocycles. The minimum atomic E-state index is -0.641. The maximum Gasteiger partial charge on any atom is 0.349 e. The Morgan fingerprint density at radius 1 is 1.42 bits per heavy atom. The molecule has 1 aromatic carbocycles. The fourth-order valence-corrected chi connectivity index (χ4v) is 1.63. The van der Waals surface area contributed by atoms with E-state index in [-0.39, 0.29) is 11.7 Å². The molecule has 19 heavy (non-hydrogen) atoms. The number of esters is 1. The Morgan fingerprint density at radius 2 is 2.16 bits per heavy atom. The molecule has 0 aliphatic rings. The van der Waals surface area contributed by atoms with Crippen LogP contribution < -0.4 is 0 Å². The number of hydrogen-bond donors (Lipinski definition) is 0. The minimum absolute atomic E-state index is 0.0762. The third kappa shape index (κ3) is 3.02. The number of nitriles is 1. The van der Waals surface area contributed by atoms with Crippen molar-refractivity contribution in [3.8, 4) is 6.07 Å². The number of carbonyl (C=O) groups is 1. The zero-order valence-electron chi connectivity index (χ0n) is 10.7. The van der Waals surface area contributed by atoms with Gasteiger partial charge in [-0.1, -0.05) is 18.2 Å². The molecular weight excluding hydrogens is 242 g/mol. The zero-order valence-corrected chi connectivity index (χ0v) is 10.7. The van der Waals surface area contributed by atoms with E-state index in [1.165, 1.54) is 6.08 Å². The van der Waals surface area contributed by atoms with Gasteiger partial charge in [-0.25, -0.2) is 4.79 Å². The number of hydrogen-bond acceptors (Lipinski definition) is 4. The van der Waals surface area contributed by atoms with E-state index >= 15 is 0 Å². The predicted octanol–water partition coefficient (Wildman–Crippen LogP) is 3.29. The Labute approximate surface area is 110 Å². The topological polar surface area (TPSA) is 63.2 Å². The molecule has 0 radical (unpaired) electrons. The molecule has 0 spiro atoms. The predicted molar refractivity (Wildman–Crippen MR) is 71.0 cm³/mol. The smallest absolute Gasteiger partial charge is 0.349 e. The largest absolute Gasteiger partial charge is 0.459 e. The highest BCUT2D eigenvalue weighted by Crippen LogP contribution is 2.21. The third-order valence-electron chi connectivity index (χ3n) is 2.41. The first-order valence-corrected chi connectivity index (χ1v) is 5.91. The van der Waals surface area contributed by atoms with E-state index < -0.39 is 5.97 Å². The Hall–Kier alpha value is -2.54. The van der Waals surface area contributed by atoms with Crippen molar-refractivity contribution in [1.29, 1.82) is 5.26 Å². The van der Waals surface area contributed by atoms with Crippen molar-refractivity contribution in [2.45, 2.75) is 20.0 Å². The Balaban J connectivity index is 2.32. The van der Waals surface area contributed by atoms with E-state index in [4.69, 9.17) is 14.4 Å². The van der Waals surface area contributed by atoms with Crippen LogP contribution in [0.15, 0.2) is 40.3 Å². The highest BCUT2D eigenvalue weighted by Gasteiger charge is 2.13. The van der Waals surface area contributed by atoms with E-state index in [0.717, 1.165) is 5.39 Å². The second-order valence-corrected chi connectivity index (χ2v) is 4.31. The molecule has 0 fully saturated rings. The van der Waals surface area contributed by atoms with Gasteiger partial charge in [-0.15, -0.1) is 0 Å². The van der Waals surface area contributed by atoms with Gasteiger partial charge in [-0.2, -0.15) is 5.26 Å². The highest BCUT2D eigenvalue weighted by atomic mass is 16.5. The number of furan rings is 1. The molecule has 96 valence electrons. The lowest BCUT2D eigenvalue weighted by Crippen LogP contribution is -2.12. The molecule has 4 heteroatoms. The minimum Gasteiger partial charge on any atom is -0.459 e. The molecule has 0 saturated heterocycles. The molecule has 0 bridgehead atoms. The summed E-state index contributed by atoms with van der Waals surface area (Å²) < 4.78 is 10.5. The molecule has 0 N–H and O–H groups in total. The number of fused-ring (bicyclic) bond motifs is 1. The summed E-state index contributed by atoms with van der Waals surface area (Å²) in [6.07, 6.45) is 1.13. The third-order valence-corrected chi connectivity index (χ3v) is 2.41. The average Bonchev–Trinajstić information content (AvgIpc) is 2.77. The molecule has 0 amide bonds. The summed E-state index contributed by atoms with van der Waals surface area (Å²) in [5.41, 5.74) is 0.635. The van der Waals surface area contributed by atoms with Gasteiger partial charge in [0.05, 0.1) is 6.10 Å². The zero-order chi connectivity index (χ0) is 13.8. The lowest BCUT2D eigenvalue weighted by Gasteiger charge is -2.05. The van der Waals surface area contributed by atoms with Crippen molar-refractivity contribution in [3.63, 3.8) is 0 Å². The molecule has 0 aliphatic carbocycles. The van der Waals surface area contributed by atoms with Crippen LogP contribution in [0, 0.1) is 11.3 Å². The van der Waals surface area contributed by atoms with Gasteiger partial charge >= 0.3 is 5.97 Å². The average molecular weight is 255 g/mol. The standard InChI is InChI=1S/C15H13NO3/c1-10(2)18-15(17)12(9-16)8-13-7-11-5-3-4-6-14(11)19-13/h3-8,10H,1-2H3/b12-8+. The molecule has 2 aromatic rings. The van der Waals surface area contributed by atoms with Crippen LogP contribution >= 0.6 is 0 Å². The van der Waals surface area contributed by atoms with E-state index in [0.29, 0.717) is 11.3 Å². The monoisotopic (exact) mass is 255 g/mol. The van der Waals surface area contributed by atoms with Crippen molar-refractivity contribution in [2.75, 3.05) is 0 Å². The Bertz CT molecular complexity index is 641. The van der Waals surface area contributed by atoms with Crippen LogP contribution in [0.4, 0.5) is 0 Å². The second kappa shape index (κ2) is 5.40. The molecular formula is C15H13NO3. The molecule has 4 nitrogen and oxygen atoms in total. The fraction of sp³-hybridized carbons (Fsp3) is 0.200. The normalized spacial score (nSPS) is 11.6. The van der Waals surface area contributed by atoms with Crippen molar-refractivity contribution < 1.29 is 13.9 Å². The summed E-state index contributed by atoms with van der Waals surface area (Å²) in [4.78, 5) is 11.6. The molecule has 1 heterocycles. The van der Waals surface area contributed by atoms with E-state index in [2.05, 4.69) is 0 Å². The van der Waals surface area contributed by atoms with Gasteiger partial charge in [0, 0.05) is 11.5 Å². The van der Waals surface area contributed by atoms with Crippen LogP contribution in [-0.4, -0.2) is 12.1 Å². The molecule has 0 unspecified atom stereocenters. The molecule has 0 atom stereocenters. The van der Waals surface area contributed by atoms with Crippen molar-refractivity contribution in [1.82, 2.24) is 0 Å². The van der Waals surface area contributed by atoms with Gasteiger partial charge < -0.3 is 9.15 Å². The molecule has 1 aromatic heterocycles. The van der Waals surface area contributed by atoms with Gasteiger partial charge in [0.1, 0.15) is 23.0 Å². The van der Waals surface area contributed by atoms with Crippen molar-refractivity contribution >= 4 is 23.0 Å². The second-order valence-electron chi connectivity index (χ2n) is 4.31. The summed E-state index contributed by atoms with van der Waals surface area (Å²) in [5.74, 6) is -0.184. The first-order chi connectivity index (χ1) is 9.10. The maximum atomic E-state index is 11.6. The number of rotatable bonds is 3. The summed E-state index contributed by atoms with van der Waals surface area (Å²) in [6, 6.07) is 11.1. The lowest BCUT2D eigenvalue weighted by molar-refractivity contribution is -0.142. The summed E-state index contributed by atoms with van der Waals surface area (Å²) >= 11 is 0. The van der Waals surface area contributed by atoms with E-state index in [1.807, 2.05) is 30.3 Å². The Morgan fingerprint density at radius 3 is 2.79 bits per heavy atom. The summed E-state index contributed by atoms with van der Waals surface area (Å²) in [5, 5.41) is 9.90. The van der Waals surface area contributed by atoms with Crippen molar-refractivity contribution in [2.24, 2.45) is 0 Å². The highest BCUT2D eigenvalue weighted by molar-refractivity contribution is 5.98. The van der Waals surface area contributed by atoms with Crippen LogP contribution in [0.2, 0.25) is 0 Å². The molecule has 2 rings (SSSR count). The first-order valence-electron chi connectivity index (χ1n) is 5.91. The number of nitrogens with zero attached hydrogens (tertiary/aromatic N) is 1. The van der Waals surface area contributed by atoms with Crippen molar-refractivity contribution in [3.05, 3.63) is 41.7 Å². The Kier molecular flexibility index (Phi) is 3.67. The summed E-state index contributed by atoms with van der Waals surface area (Å²) in [6.45, 7) is 3.46. The number of ether oxygens (including phenoxy) is 1. The van der Waals surface area contributed by atoms with Crippen LogP contribution in [0.1, 0.15) is 19.6 Å². The molecule has 0 aliphatic heterocycles. The van der Waals surface area contributed by atoms with Crippen LogP contribution in [-0.2, 0) is 9.53 Å². The fourth-order valence-electron chi connectivity index (χ4n) is 1.63. The number of para-hydroxylation sites is 1. The quantitative estimate of drug-likeness (QED) is 0.479. The lowest BCUT2D eigenvalue weighted by atomic mass is 10.2. The first kappa shape index (κ1) is 12.9.